The van der Waals surface area contributed by atoms with E-state index in [1.54, 1.807) is 6.20 Å². The third-order valence-corrected chi connectivity index (χ3v) is 5.31. The highest BCUT2D eigenvalue weighted by molar-refractivity contribution is 5.67. The number of nitrogens with one attached hydrogen (secondary N) is 1. The van der Waals surface area contributed by atoms with E-state index in [0.29, 0.717) is 11.9 Å². The number of rotatable bonds is 7. The number of piperidine rings is 1. The van der Waals surface area contributed by atoms with Crippen molar-refractivity contribution in [3.8, 4) is 16.9 Å². The summed E-state index contributed by atoms with van der Waals surface area (Å²) in [4.78, 5) is 6.66. The number of anilines is 1. The van der Waals surface area contributed by atoms with Crippen molar-refractivity contribution in [2.24, 2.45) is 0 Å². The molecular weight excluding hydrogens is 350 g/mol. The molecular formula is C22H27N5O. The lowest BCUT2D eigenvalue weighted by atomic mass is 9.94. The predicted molar refractivity (Wildman–Crippen MR) is 111 cm³/mol. The third-order valence-electron chi connectivity index (χ3n) is 5.31. The molecule has 1 aliphatic rings. The number of pyridine rings is 1. The molecule has 3 N–H and O–H groups in total. The number of likely N-dealkylation sites (tertiary alicyclic amines) is 1. The molecule has 146 valence electrons. The Morgan fingerprint density at radius 1 is 1.18 bits per heavy atom. The maximum Gasteiger partial charge on any atom is 0.123 e. The van der Waals surface area contributed by atoms with Crippen molar-refractivity contribution in [3.63, 3.8) is 0 Å². The van der Waals surface area contributed by atoms with Crippen LogP contribution in [0.4, 0.5) is 5.82 Å². The molecule has 0 bridgehead atoms. The third kappa shape index (κ3) is 4.34. The maximum atomic E-state index is 5.88. The monoisotopic (exact) mass is 377 g/mol. The SMILES string of the molecule is Nc1cc(-c2cn[nH]c2[C@H]2CCCCN2CCCOc2ccccc2)ccn1. The second kappa shape index (κ2) is 8.89. The number of nitrogen functional groups attached to an aromatic ring is 1. The van der Waals surface area contributed by atoms with Crippen LogP contribution in [-0.4, -0.2) is 39.8 Å². The van der Waals surface area contributed by atoms with Crippen molar-refractivity contribution in [3.05, 3.63) is 60.6 Å². The molecule has 0 spiro atoms. The van der Waals surface area contributed by atoms with Gasteiger partial charge in [0.15, 0.2) is 0 Å². The van der Waals surface area contributed by atoms with Crippen LogP contribution in [0.5, 0.6) is 5.75 Å². The molecule has 6 heteroatoms. The van der Waals surface area contributed by atoms with Crippen LogP contribution in [0, 0.1) is 0 Å². The fraction of sp³-hybridized carbons (Fsp3) is 0.364. The summed E-state index contributed by atoms with van der Waals surface area (Å²) in [6.45, 7) is 2.84. The van der Waals surface area contributed by atoms with Gasteiger partial charge in [0.25, 0.3) is 0 Å². The van der Waals surface area contributed by atoms with Crippen molar-refractivity contribution < 1.29 is 4.74 Å². The average molecular weight is 377 g/mol. The van der Waals surface area contributed by atoms with E-state index in [-0.39, 0.29) is 0 Å². The Kier molecular flexibility index (Phi) is 5.87. The van der Waals surface area contributed by atoms with Gasteiger partial charge in [-0.05, 0) is 55.6 Å². The summed E-state index contributed by atoms with van der Waals surface area (Å²) in [6, 6.07) is 14.3. The molecule has 0 saturated carbocycles. The molecule has 0 unspecified atom stereocenters. The summed E-state index contributed by atoms with van der Waals surface area (Å²) in [7, 11) is 0. The molecule has 2 aromatic heterocycles. The van der Waals surface area contributed by atoms with Crippen molar-refractivity contribution in [2.45, 2.75) is 31.7 Å². The number of aromatic nitrogens is 3. The first kappa shape index (κ1) is 18.5. The van der Waals surface area contributed by atoms with Gasteiger partial charge in [-0.15, -0.1) is 0 Å². The Morgan fingerprint density at radius 3 is 2.93 bits per heavy atom. The summed E-state index contributed by atoms with van der Waals surface area (Å²) in [5, 5.41) is 7.59. The van der Waals surface area contributed by atoms with Crippen LogP contribution in [0.2, 0.25) is 0 Å². The second-order valence-electron chi connectivity index (χ2n) is 7.23. The van der Waals surface area contributed by atoms with Crippen molar-refractivity contribution >= 4 is 5.82 Å². The maximum absolute atomic E-state index is 5.88. The average Bonchev–Trinajstić information content (AvgIpc) is 3.22. The van der Waals surface area contributed by atoms with E-state index in [4.69, 9.17) is 10.5 Å². The van der Waals surface area contributed by atoms with Crippen molar-refractivity contribution in [1.82, 2.24) is 20.1 Å². The van der Waals surface area contributed by atoms with Crippen LogP contribution >= 0.6 is 0 Å². The first-order valence-corrected chi connectivity index (χ1v) is 9.98. The molecule has 1 atom stereocenters. The van der Waals surface area contributed by atoms with Crippen LogP contribution in [0.25, 0.3) is 11.1 Å². The van der Waals surface area contributed by atoms with Crippen LogP contribution in [-0.2, 0) is 0 Å². The molecule has 1 aliphatic heterocycles. The zero-order valence-electron chi connectivity index (χ0n) is 16.1. The van der Waals surface area contributed by atoms with Gasteiger partial charge in [-0.3, -0.25) is 10.00 Å². The molecule has 3 aromatic rings. The van der Waals surface area contributed by atoms with E-state index >= 15 is 0 Å². The zero-order chi connectivity index (χ0) is 19.2. The van der Waals surface area contributed by atoms with Gasteiger partial charge < -0.3 is 10.5 Å². The number of hydrogen-bond donors (Lipinski definition) is 2. The normalized spacial score (nSPS) is 17.5. The lowest BCUT2D eigenvalue weighted by molar-refractivity contribution is 0.135. The van der Waals surface area contributed by atoms with Gasteiger partial charge in [0.2, 0.25) is 0 Å². The van der Waals surface area contributed by atoms with E-state index in [9.17, 15) is 0 Å². The van der Waals surface area contributed by atoms with Gasteiger partial charge in [-0.25, -0.2) is 4.98 Å². The number of H-pyrrole nitrogens is 1. The smallest absolute Gasteiger partial charge is 0.123 e. The first-order chi connectivity index (χ1) is 13.8. The number of ether oxygens (including phenoxy) is 1. The van der Waals surface area contributed by atoms with Gasteiger partial charge in [0.1, 0.15) is 11.6 Å². The molecule has 0 radical (unpaired) electrons. The highest BCUT2D eigenvalue weighted by Gasteiger charge is 2.27. The molecule has 1 saturated heterocycles. The Balaban J connectivity index is 1.42. The Hall–Kier alpha value is -2.86. The number of benzene rings is 1. The molecule has 0 aliphatic carbocycles. The van der Waals surface area contributed by atoms with Crippen LogP contribution in [0.15, 0.2) is 54.9 Å². The molecule has 28 heavy (non-hydrogen) atoms. The van der Waals surface area contributed by atoms with E-state index in [2.05, 4.69) is 20.1 Å². The summed E-state index contributed by atoms with van der Waals surface area (Å²) < 4.78 is 5.86. The van der Waals surface area contributed by atoms with Gasteiger partial charge in [0.05, 0.1) is 24.5 Å². The molecule has 1 aromatic carbocycles. The van der Waals surface area contributed by atoms with Crippen LogP contribution in [0.1, 0.15) is 37.4 Å². The van der Waals surface area contributed by atoms with E-state index in [1.165, 1.54) is 18.5 Å². The van der Waals surface area contributed by atoms with Crippen molar-refractivity contribution in [1.29, 1.82) is 0 Å². The molecule has 4 rings (SSSR count). The number of para-hydroxylation sites is 1. The van der Waals surface area contributed by atoms with Crippen LogP contribution < -0.4 is 10.5 Å². The Labute approximate surface area is 165 Å². The van der Waals surface area contributed by atoms with E-state index in [1.807, 2.05) is 48.7 Å². The minimum absolute atomic E-state index is 0.345. The van der Waals surface area contributed by atoms with Crippen molar-refractivity contribution in [2.75, 3.05) is 25.4 Å². The minimum atomic E-state index is 0.345. The second-order valence-corrected chi connectivity index (χ2v) is 7.23. The van der Waals surface area contributed by atoms with Gasteiger partial charge in [0, 0.05) is 18.3 Å². The minimum Gasteiger partial charge on any atom is -0.494 e. The fourth-order valence-electron chi connectivity index (χ4n) is 3.96. The zero-order valence-corrected chi connectivity index (χ0v) is 16.1. The van der Waals surface area contributed by atoms with Gasteiger partial charge in [-0.2, -0.15) is 5.10 Å². The Bertz CT molecular complexity index is 879. The standard InChI is InChI=1S/C22H27N5O/c23-21-15-17(10-11-24-21)19-16-25-26-22(19)20-9-4-5-12-27(20)13-6-14-28-18-7-2-1-3-8-18/h1-3,7-8,10-11,15-16,20H,4-6,9,12-14H2,(H2,23,24)(H,25,26)/t20-/m1/s1. The quantitative estimate of drug-likeness (QED) is 0.607. The highest BCUT2D eigenvalue weighted by atomic mass is 16.5. The lowest BCUT2D eigenvalue weighted by Gasteiger charge is -2.35. The molecule has 3 heterocycles. The number of aromatic amines is 1. The van der Waals surface area contributed by atoms with Gasteiger partial charge >= 0.3 is 0 Å². The fourth-order valence-corrected chi connectivity index (χ4v) is 3.96. The van der Waals surface area contributed by atoms with E-state index in [0.717, 1.165) is 49.4 Å². The summed E-state index contributed by atoms with van der Waals surface area (Å²) >= 11 is 0. The summed E-state index contributed by atoms with van der Waals surface area (Å²) in [5.41, 5.74) is 9.24. The van der Waals surface area contributed by atoms with Crippen LogP contribution in [0.3, 0.4) is 0 Å². The summed E-state index contributed by atoms with van der Waals surface area (Å²) in [5.74, 6) is 1.46. The number of nitrogens with zero attached hydrogens (tertiary/aromatic N) is 3. The van der Waals surface area contributed by atoms with E-state index < -0.39 is 0 Å². The topological polar surface area (TPSA) is 80.1 Å². The number of nitrogens with two attached hydrogens (primary N) is 1. The summed E-state index contributed by atoms with van der Waals surface area (Å²) in [6.07, 6.45) is 8.25. The lowest BCUT2D eigenvalue weighted by Crippen LogP contribution is -2.35. The highest BCUT2D eigenvalue weighted by Crippen LogP contribution is 2.35. The largest absolute Gasteiger partial charge is 0.494 e. The van der Waals surface area contributed by atoms with Gasteiger partial charge in [-0.1, -0.05) is 24.6 Å². The predicted octanol–water partition coefficient (Wildman–Crippen LogP) is 4.05. The molecule has 6 nitrogen and oxygen atoms in total. The molecule has 1 fully saturated rings. The Morgan fingerprint density at radius 2 is 2.07 bits per heavy atom. The first-order valence-electron chi connectivity index (χ1n) is 9.98. The number of hydrogen-bond acceptors (Lipinski definition) is 5. The molecule has 0 amide bonds.